The second kappa shape index (κ2) is 9.23. The van der Waals surface area contributed by atoms with Gasteiger partial charge in [0.1, 0.15) is 0 Å². The minimum atomic E-state index is -3.89. The highest BCUT2D eigenvalue weighted by atomic mass is 32.2. The van der Waals surface area contributed by atoms with E-state index in [2.05, 4.69) is 15.4 Å². The molecule has 3 aromatic rings. The Morgan fingerprint density at radius 2 is 1.25 bits per heavy atom. The van der Waals surface area contributed by atoms with Gasteiger partial charge in [-0.05, 0) is 86.0 Å². The van der Waals surface area contributed by atoms with Gasteiger partial charge in [-0.2, -0.15) is 0 Å². The van der Waals surface area contributed by atoms with Crippen molar-refractivity contribution in [1.29, 1.82) is 0 Å². The third-order valence-corrected chi connectivity index (χ3v) is 6.49. The van der Waals surface area contributed by atoms with Crippen LogP contribution in [0.4, 0.5) is 17.1 Å². The molecule has 0 saturated heterocycles. The van der Waals surface area contributed by atoms with Crippen LogP contribution in [0.2, 0.25) is 0 Å². The average Bonchev–Trinajstić information content (AvgIpc) is 2.71. The van der Waals surface area contributed by atoms with Crippen molar-refractivity contribution in [2.45, 2.75) is 32.6 Å². The number of aryl methyl sites for hydroxylation is 3. The highest BCUT2D eigenvalue weighted by Crippen LogP contribution is 2.23. The summed E-state index contributed by atoms with van der Waals surface area (Å²) in [6.07, 6.45) is 0. The maximum Gasteiger partial charge on any atom is 0.262 e. The molecule has 32 heavy (non-hydrogen) atoms. The second-order valence-electron chi connectivity index (χ2n) is 7.60. The van der Waals surface area contributed by atoms with Crippen LogP contribution in [0.5, 0.6) is 0 Å². The molecule has 166 valence electrons. The normalized spacial score (nSPS) is 11.0. The number of carbonyl (C=O) groups is 2. The van der Waals surface area contributed by atoms with Gasteiger partial charge >= 0.3 is 0 Å². The number of sulfonamides is 1. The summed E-state index contributed by atoms with van der Waals surface area (Å²) in [4.78, 5) is 23.9. The number of nitrogens with one attached hydrogen (secondary N) is 3. The number of carbonyl (C=O) groups excluding carboxylic acids is 2. The summed E-state index contributed by atoms with van der Waals surface area (Å²) in [7, 11) is -3.89. The van der Waals surface area contributed by atoms with Gasteiger partial charge in [0.15, 0.2) is 0 Å². The molecule has 2 amide bonds. The molecule has 0 heterocycles. The van der Waals surface area contributed by atoms with Gasteiger partial charge in [0.25, 0.3) is 15.9 Å². The molecule has 0 fully saturated rings. The summed E-state index contributed by atoms with van der Waals surface area (Å²) < 4.78 is 28.6. The molecule has 0 bridgehead atoms. The van der Waals surface area contributed by atoms with E-state index in [1.165, 1.54) is 13.0 Å². The standard InChI is InChI=1S/C24H25N3O4S/c1-15-6-8-22(13-17(15)3)27-32(30,31)23-14-19(7-5-16(23)2)24(29)26-21-11-9-20(10-12-21)25-18(4)28/h5-14,27H,1-4H3,(H,25,28)(H,26,29). The van der Waals surface area contributed by atoms with Crippen LogP contribution < -0.4 is 15.4 Å². The molecule has 0 aliphatic heterocycles. The lowest BCUT2D eigenvalue weighted by Crippen LogP contribution is -2.17. The summed E-state index contributed by atoms with van der Waals surface area (Å²) >= 11 is 0. The molecule has 0 radical (unpaired) electrons. The first-order valence-corrected chi connectivity index (χ1v) is 11.4. The van der Waals surface area contributed by atoms with Crippen molar-refractivity contribution < 1.29 is 18.0 Å². The third kappa shape index (κ3) is 5.53. The Bertz CT molecular complexity index is 1280. The van der Waals surface area contributed by atoms with Crippen molar-refractivity contribution in [3.8, 4) is 0 Å². The van der Waals surface area contributed by atoms with Crippen molar-refractivity contribution >= 4 is 38.9 Å². The first-order valence-electron chi connectivity index (χ1n) is 9.95. The zero-order valence-corrected chi connectivity index (χ0v) is 19.1. The summed E-state index contributed by atoms with van der Waals surface area (Å²) in [6.45, 7) is 6.95. The number of anilines is 3. The minimum Gasteiger partial charge on any atom is -0.326 e. The van der Waals surface area contributed by atoms with Crippen LogP contribution in [-0.2, 0) is 14.8 Å². The van der Waals surface area contributed by atoms with E-state index in [0.29, 0.717) is 22.6 Å². The van der Waals surface area contributed by atoms with Gasteiger partial charge in [-0.15, -0.1) is 0 Å². The zero-order valence-electron chi connectivity index (χ0n) is 18.3. The molecular weight excluding hydrogens is 426 g/mol. The SMILES string of the molecule is CC(=O)Nc1ccc(NC(=O)c2ccc(C)c(S(=O)(=O)Nc3ccc(C)c(C)c3)c2)cc1. The fourth-order valence-corrected chi connectivity index (χ4v) is 4.41. The van der Waals surface area contributed by atoms with Crippen LogP contribution in [0.1, 0.15) is 34.0 Å². The van der Waals surface area contributed by atoms with Crippen LogP contribution in [0.3, 0.4) is 0 Å². The van der Waals surface area contributed by atoms with Gasteiger partial charge in [-0.25, -0.2) is 8.42 Å². The largest absolute Gasteiger partial charge is 0.326 e. The van der Waals surface area contributed by atoms with E-state index in [4.69, 9.17) is 0 Å². The van der Waals surface area contributed by atoms with Gasteiger partial charge in [0, 0.05) is 29.5 Å². The lowest BCUT2D eigenvalue weighted by molar-refractivity contribution is -0.114. The van der Waals surface area contributed by atoms with Crippen molar-refractivity contribution in [3.63, 3.8) is 0 Å². The van der Waals surface area contributed by atoms with E-state index >= 15 is 0 Å². The molecule has 0 spiro atoms. The van der Waals surface area contributed by atoms with Crippen LogP contribution >= 0.6 is 0 Å². The summed E-state index contributed by atoms with van der Waals surface area (Å²) in [6, 6.07) is 16.5. The van der Waals surface area contributed by atoms with Crippen LogP contribution in [-0.4, -0.2) is 20.2 Å². The number of rotatable bonds is 6. The number of amides is 2. The summed E-state index contributed by atoms with van der Waals surface area (Å²) in [5, 5.41) is 5.38. The highest BCUT2D eigenvalue weighted by Gasteiger charge is 2.20. The second-order valence-corrected chi connectivity index (χ2v) is 9.25. The van der Waals surface area contributed by atoms with Crippen LogP contribution in [0.15, 0.2) is 65.6 Å². The maximum atomic E-state index is 13.0. The highest BCUT2D eigenvalue weighted by molar-refractivity contribution is 7.92. The third-order valence-electron chi connectivity index (χ3n) is 4.96. The molecule has 0 saturated carbocycles. The van der Waals surface area contributed by atoms with E-state index in [9.17, 15) is 18.0 Å². The summed E-state index contributed by atoms with van der Waals surface area (Å²) in [5.74, 6) is -0.635. The fraction of sp³-hybridized carbons (Fsp3) is 0.167. The fourth-order valence-electron chi connectivity index (χ4n) is 3.09. The average molecular weight is 452 g/mol. The Morgan fingerprint density at radius 3 is 1.84 bits per heavy atom. The Hall–Kier alpha value is -3.65. The maximum absolute atomic E-state index is 13.0. The first kappa shape index (κ1) is 23.0. The summed E-state index contributed by atoms with van der Waals surface area (Å²) in [5.41, 5.74) is 4.35. The van der Waals surface area contributed by atoms with Gasteiger partial charge in [0.05, 0.1) is 4.90 Å². The van der Waals surface area contributed by atoms with Crippen molar-refractivity contribution in [2.75, 3.05) is 15.4 Å². The Morgan fingerprint density at radius 1 is 0.688 bits per heavy atom. The predicted octanol–water partition coefficient (Wildman–Crippen LogP) is 4.62. The lowest BCUT2D eigenvalue weighted by atomic mass is 10.1. The Labute approximate surface area is 187 Å². The molecule has 0 aromatic heterocycles. The molecule has 0 aliphatic carbocycles. The molecule has 3 N–H and O–H groups in total. The van der Waals surface area contributed by atoms with Crippen LogP contribution in [0.25, 0.3) is 0 Å². The van der Waals surface area contributed by atoms with E-state index in [0.717, 1.165) is 11.1 Å². The topological polar surface area (TPSA) is 104 Å². The van der Waals surface area contributed by atoms with Gasteiger partial charge in [-0.3, -0.25) is 14.3 Å². The minimum absolute atomic E-state index is 0.0318. The molecule has 0 aliphatic rings. The predicted molar refractivity (Wildman–Crippen MR) is 127 cm³/mol. The van der Waals surface area contributed by atoms with Gasteiger partial charge < -0.3 is 10.6 Å². The van der Waals surface area contributed by atoms with E-state index in [1.807, 2.05) is 19.9 Å². The number of hydrogen-bond donors (Lipinski definition) is 3. The lowest BCUT2D eigenvalue weighted by Gasteiger charge is -2.13. The van der Waals surface area contributed by atoms with Gasteiger partial charge in [0.2, 0.25) is 5.91 Å². The molecule has 8 heteroatoms. The molecule has 7 nitrogen and oxygen atoms in total. The van der Waals surface area contributed by atoms with E-state index in [1.54, 1.807) is 55.5 Å². The number of benzene rings is 3. The molecule has 0 unspecified atom stereocenters. The van der Waals surface area contributed by atoms with Gasteiger partial charge in [-0.1, -0.05) is 12.1 Å². The van der Waals surface area contributed by atoms with E-state index in [-0.39, 0.29) is 16.4 Å². The Balaban J connectivity index is 1.81. The quantitative estimate of drug-likeness (QED) is 0.508. The van der Waals surface area contributed by atoms with E-state index < -0.39 is 15.9 Å². The first-order chi connectivity index (χ1) is 15.0. The van der Waals surface area contributed by atoms with Crippen LogP contribution in [0, 0.1) is 20.8 Å². The Kier molecular flexibility index (Phi) is 6.64. The zero-order chi connectivity index (χ0) is 23.5. The van der Waals surface area contributed by atoms with Crippen molar-refractivity contribution in [3.05, 3.63) is 82.9 Å². The molecule has 0 atom stereocenters. The molecule has 3 rings (SSSR count). The molecule has 3 aromatic carbocycles. The van der Waals surface area contributed by atoms with Crippen molar-refractivity contribution in [1.82, 2.24) is 0 Å². The molecular formula is C24H25N3O4S. The monoisotopic (exact) mass is 451 g/mol. The smallest absolute Gasteiger partial charge is 0.262 e. The van der Waals surface area contributed by atoms with Crippen molar-refractivity contribution in [2.24, 2.45) is 0 Å². The number of hydrogen-bond acceptors (Lipinski definition) is 4.